The van der Waals surface area contributed by atoms with Crippen LogP contribution in [0.1, 0.15) is 43.5 Å². The number of carbonyl (C=O) groups excluding carboxylic acids is 1. The van der Waals surface area contributed by atoms with Gasteiger partial charge in [0.15, 0.2) is 0 Å². The van der Waals surface area contributed by atoms with Crippen molar-refractivity contribution in [1.29, 1.82) is 0 Å². The van der Waals surface area contributed by atoms with Gasteiger partial charge in [0.25, 0.3) is 0 Å². The van der Waals surface area contributed by atoms with Crippen LogP contribution in [0.5, 0.6) is 0 Å². The van der Waals surface area contributed by atoms with E-state index >= 15 is 0 Å². The monoisotopic (exact) mass is 431 g/mol. The van der Waals surface area contributed by atoms with Crippen molar-refractivity contribution in [2.75, 3.05) is 4.90 Å². The molecule has 3 aromatic rings. The molecule has 0 bridgehead atoms. The molecular weight excluding hydrogens is 406 g/mol. The topological polar surface area (TPSA) is 44.7 Å². The number of amidine groups is 1. The van der Waals surface area contributed by atoms with Crippen LogP contribution in [0, 0.1) is 6.92 Å². The Balaban J connectivity index is 1.93. The Bertz CT molecular complexity index is 1130. The lowest BCUT2D eigenvalue weighted by Crippen LogP contribution is -2.50. The maximum atomic E-state index is 13.6. The van der Waals surface area contributed by atoms with Crippen LogP contribution in [0.4, 0.5) is 11.4 Å². The van der Waals surface area contributed by atoms with Crippen LogP contribution in [-0.4, -0.2) is 17.3 Å². The van der Waals surface area contributed by atoms with Gasteiger partial charge in [0, 0.05) is 27.4 Å². The molecule has 0 aromatic heterocycles. The van der Waals surface area contributed by atoms with E-state index in [0.717, 1.165) is 28.3 Å². The lowest BCUT2D eigenvalue weighted by molar-refractivity contribution is -0.123. The molecule has 1 atom stereocenters. The first kappa shape index (κ1) is 21.1. The van der Waals surface area contributed by atoms with Crippen LogP contribution < -0.4 is 10.2 Å². The smallest absolute Gasteiger partial charge is 0.248 e. The third-order valence-corrected chi connectivity index (χ3v) is 5.36. The summed E-state index contributed by atoms with van der Waals surface area (Å²) in [6.45, 7) is 8.02. The molecule has 1 unspecified atom stereocenters. The number of aliphatic imine (C=N–C) groups is 1. The van der Waals surface area contributed by atoms with Gasteiger partial charge in [0.1, 0.15) is 11.9 Å². The quantitative estimate of drug-likeness (QED) is 0.536. The second-order valence-corrected chi connectivity index (χ2v) is 9.28. The van der Waals surface area contributed by atoms with E-state index in [-0.39, 0.29) is 11.4 Å². The largest absolute Gasteiger partial charge is 0.349 e. The molecule has 1 aliphatic rings. The molecule has 1 amide bonds. The van der Waals surface area contributed by atoms with Gasteiger partial charge in [-0.05, 0) is 58.0 Å². The summed E-state index contributed by atoms with van der Waals surface area (Å²) in [4.78, 5) is 20.6. The van der Waals surface area contributed by atoms with Crippen molar-refractivity contribution in [2.45, 2.75) is 39.3 Å². The number of para-hydroxylation sites is 1. The number of fused-ring (bicyclic) bond motifs is 1. The predicted octanol–water partition coefficient (Wildman–Crippen LogP) is 6.20. The van der Waals surface area contributed by atoms with Crippen molar-refractivity contribution in [3.8, 4) is 0 Å². The third-order valence-electron chi connectivity index (χ3n) is 5.11. The molecule has 5 heteroatoms. The number of rotatable bonds is 3. The van der Waals surface area contributed by atoms with Crippen LogP contribution in [-0.2, 0) is 4.79 Å². The van der Waals surface area contributed by atoms with E-state index in [4.69, 9.17) is 16.6 Å². The minimum absolute atomic E-state index is 0.0746. The van der Waals surface area contributed by atoms with Crippen LogP contribution in [0.2, 0.25) is 5.02 Å². The van der Waals surface area contributed by atoms with E-state index in [2.05, 4.69) is 24.4 Å². The highest BCUT2D eigenvalue weighted by molar-refractivity contribution is 6.30. The Kier molecular flexibility index (Phi) is 5.59. The average Bonchev–Trinajstić information content (AvgIpc) is 2.72. The summed E-state index contributed by atoms with van der Waals surface area (Å²) in [5.41, 5.74) is 4.28. The molecule has 1 heterocycles. The van der Waals surface area contributed by atoms with Crippen molar-refractivity contribution < 1.29 is 4.79 Å². The minimum atomic E-state index is -0.564. The highest BCUT2D eigenvalue weighted by Gasteiger charge is 2.37. The normalized spacial score (nSPS) is 15.8. The molecule has 0 spiro atoms. The highest BCUT2D eigenvalue weighted by atomic mass is 35.5. The Labute approximate surface area is 188 Å². The van der Waals surface area contributed by atoms with Gasteiger partial charge in [0.2, 0.25) is 5.91 Å². The summed E-state index contributed by atoms with van der Waals surface area (Å²) in [5, 5.41) is 3.80. The zero-order valence-electron chi connectivity index (χ0n) is 18.2. The molecule has 158 valence electrons. The molecule has 0 aliphatic carbocycles. The van der Waals surface area contributed by atoms with Crippen molar-refractivity contribution in [3.63, 3.8) is 0 Å². The van der Waals surface area contributed by atoms with E-state index in [1.54, 1.807) is 0 Å². The zero-order valence-corrected chi connectivity index (χ0v) is 18.9. The Morgan fingerprint density at radius 1 is 0.968 bits per heavy atom. The molecule has 4 rings (SSSR count). The van der Waals surface area contributed by atoms with Crippen LogP contribution in [0.25, 0.3) is 0 Å². The molecular formula is C26H26ClN3O. The van der Waals surface area contributed by atoms with Gasteiger partial charge in [-0.2, -0.15) is 0 Å². The van der Waals surface area contributed by atoms with Gasteiger partial charge in [-0.15, -0.1) is 0 Å². The lowest BCUT2D eigenvalue weighted by Gasteiger charge is -2.39. The van der Waals surface area contributed by atoms with E-state index in [9.17, 15) is 4.79 Å². The number of aryl methyl sites for hydroxylation is 1. The standard InChI is InChI=1S/C26H26ClN3O/c1-17-9-11-18(12-10-17)24-28-22-8-6-5-7-21(22)23(25(31)29-26(2,3)4)30(24)20-15-13-19(27)14-16-20/h5-16,23H,1-4H3,(H,29,31). The van der Waals surface area contributed by atoms with E-state index in [1.807, 2.05) is 86.3 Å². The first-order valence-electron chi connectivity index (χ1n) is 10.3. The van der Waals surface area contributed by atoms with Gasteiger partial charge in [-0.25, -0.2) is 4.99 Å². The third kappa shape index (κ3) is 4.49. The fraction of sp³-hybridized carbons (Fsp3) is 0.231. The van der Waals surface area contributed by atoms with E-state index in [0.29, 0.717) is 5.02 Å². The van der Waals surface area contributed by atoms with Gasteiger partial charge in [-0.3, -0.25) is 4.79 Å². The summed E-state index contributed by atoms with van der Waals surface area (Å²) in [5.74, 6) is 0.657. The van der Waals surface area contributed by atoms with Crippen molar-refractivity contribution in [1.82, 2.24) is 5.32 Å². The van der Waals surface area contributed by atoms with Crippen molar-refractivity contribution in [3.05, 3.63) is 94.5 Å². The number of halogens is 1. The number of carbonyl (C=O) groups is 1. The molecule has 0 saturated heterocycles. The van der Waals surface area contributed by atoms with E-state index < -0.39 is 6.04 Å². The number of nitrogens with one attached hydrogen (secondary N) is 1. The molecule has 3 aromatic carbocycles. The molecule has 0 radical (unpaired) electrons. The summed E-state index contributed by atoms with van der Waals surface area (Å²) < 4.78 is 0. The molecule has 0 fully saturated rings. The summed E-state index contributed by atoms with van der Waals surface area (Å²) in [6.07, 6.45) is 0. The highest BCUT2D eigenvalue weighted by Crippen LogP contribution is 2.40. The van der Waals surface area contributed by atoms with Crippen molar-refractivity contribution >= 4 is 34.7 Å². The fourth-order valence-corrected chi connectivity index (χ4v) is 3.85. The Hall–Kier alpha value is -3.11. The number of anilines is 1. The predicted molar refractivity (Wildman–Crippen MR) is 128 cm³/mol. The Morgan fingerprint density at radius 2 is 1.61 bits per heavy atom. The first-order chi connectivity index (χ1) is 14.7. The average molecular weight is 432 g/mol. The zero-order chi connectivity index (χ0) is 22.2. The van der Waals surface area contributed by atoms with Gasteiger partial charge in [-0.1, -0.05) is 59.6 Å². The molecule has 0 saturated carbocycles. The first-order valence-corrected chi connectivity index (χ1v) is 10.7. The minimum Gasteiger partial charge on any atom is -0.349 e. The lowest BCUT2D eigenvalue weighted by atomic mass is 9.96. The molecule has 4 nitrogen and oxygen atoms in total. The maximum absolute atomic E-state index is 13.6. The van der Waals surface area contributed by atoms with Gasteiger partial charge < -0.3 is 10.2 Å². The number of hydrogen-bond donors (Lipinski definition) is 1. The van der Waals surface area contributed by atoms with Crippen LogP contribution in [0.3, 0.4) is 0 Å². The maximum Gasteiger partial charge on any atom is 0.248 e. The molecule has 1 N–H and O–H groups in total. The van der Waals surface area contributed by atoms with Crippen LogP contribution >= 0.6 is 11.6 Å². The van der Waals surface area contributed by atoms with E-state index in [1.165, 1.54) is 5.56 Å². The number of nitrogens with zero attached hydrogens (tertiary/aromatic N) is 2. The number of benzene rings is 3. The molecule has 31 heavy (non-hydrogen) atoms. The fourth-order valence-electron chi connectivity index (χ4n) is 3.73. The Morgan fingerprint density at radius 3 is 2.26 bits per heavy atom. The SMILES string of the molecule is Cc1ccc(C2=Nc3ccccc3C(C(=O)NC(C)(C)C)N2c2ccc(Cl)cc2)cc1. The summed E-state index contributed by atoms with van der Waals surface area (Å²) in [6, 6.07) is 23.0. The molecule has 1 aliphatic heterocycles. The summed E-state index contributed by atoms with van der Waals surface area (Å²) >= 11 is 6.16. The van der Waals surface area contributed by atoms with Gasteiger partial charge in [0.05, 0.1) is 5.69 Å². The number of amides is 1. The van der Waals surface area contributed by atoms with Crippen LogP contribution in [0.15, 0.2) is 77.8 Å². The second kappa shape index (κ2) is 8.20. The van der Waals surface area contributed by atoms with Gasteiger partial charge >= 0.3 is 0 Å². The number of hydrogen-bond acceptors (Lipinski definition) is 3. The van der Waals surface area contributed by atoms with Crippen molar-refractivity contribution in [2.24, 2.45) is 4.99 Å². The summed E-state index contributed by atoms with van der Waals surface area (Å²) in [7, 11) is 0. The second-order valence-electron chi connectivity index (χ2n) is 8.85.